The number of aromatic nitrogens is 1. The topological polar surface area (TPSA) is 45.7 Å². The minimum atomic E-state index is -4.49. The molecule has 1 amide bonds. The third-order valence-electron chi connectivity index (χ3n) is 6.20. The highest BCUT2D eigenvalue weighted by Crippen LogP contribution is 2.35. The van der Waals surface area contributed by atoms with Crippen molar-refractivity contribution in [3.05, 3.63) is 28.3 Å². The largest absolute Gasteiger partial charge is 0.433 e. The average molecular weight is 456 g/mol. The number of carbonyl (C=O) groups excluding carboxylic acids is 1. The number of hydrogen-bond acceptors (Lipinski definition) is 5. The van der Waals surface area contributed by atoms with Crippen molar-refractivity contribution in [2.75, 3.05) is 32.7 Å². The number of rotatable bonds is 3. The normalized spacial score (nSPS) is 24.1. The maximum absolute atomic E-state index is 13.1. The number of aryl methyl sites for hydroxylation is 1. The van der Waals surface area contributed by atoms with E-state index in [0.29, 0.717) is 34.8 Å². The number of halogens is 3. The molecule has 0 saturated carbocycles. The number of likely N-dealkylation sites (tertiary alicyclic amines) is 1. The van der Waals surface area contributed by atoms with Crippen molar-refractivity contribution in [2.24, 2.45) is 5.92 Å². The van der Waals surface area contributed by atoms with Crippen LogP contribution in [-0.4, -0.2) is 65.6 Å². The highest BCUT2D eigenvalue weighted by molar-refractivity contribution is 7.20. The number of ether oxygens (including phenoxy) is 1. The quantitative estimate of drug-likeness (QED) is 0.680. The molecule has 2 fully saturated rings. The first-order valence-electron chi connectivity index (χ1n) is 10.8. The molecule has 0 radical (unpaired) electrons. The van der Waals surface area contributed by atoms with Crippen LogP contribution in [0.4, 0.5) is 13.2 Å². The SMILES string of the molecule is Cc1c(C(=O)N2CCC(CN3CC(C)OC(C)C3)CC2)sc2nc(C(F)(F)F)ccc12. The van der Waals surface area contributed by atoms with Crippen molar-refractivity contribution < 1.29 is 22.7 Å². The molecule has 4 heterocycles. The van der Waals surface area contributed by atoms with E-state index in [-0.39, 0.29) is 22.9 Å². The van der Waals surface area contributed by atoms with Crippen LogP contribution in [0.3, 0.4) is 0 Å². The summed E-state index contributed by atoms with van der Waals surface area (Å²) in [6.45, 7) is 10.2. The second kappa shape index (κ2) is 8.67. The van der Waals surface area contributed by atoms with Crippen LogP contribution in [0.1, 0.15) is 47.6 Å². The van der Waals surface area contributed by atoms with Crippen LogP contribution in [0, 0.1) is 12.8 Å². The van der Waals surface area contributed by atoms with Crippen molar-refractivity contribution in [1.82, 2.24) is 14.8 Å². The summed E-state index contributed by atoms with van der Waals surface area (Å²) in [5, 5.41) is 0.617. The van der Waals surface area contributed by atoms with Gasteiger partial charge in [-0.05, 0) is 57.2 Å². The fourth-order valence-electron chi connectivity index (χ4n) is 4.72. The number of nitrogens with zero attached hydrogens (tertiary/aromatic N) is 3. The number of alkyl halides is 3. The van der Waals surface area contributed by atoms with Gasteiger partial charge in [-0.15, -0.1) is 11.3 Å². The lowest BCUT2D eigenvalue weighted by atomic mass is 9.95. The van der Waals surface area contributed by atoms with E-state index < -0.39 is 11.9 Å². The molecule has 2 aliphatic heterocycles. The molecule has 5 nitrogen and oxygen atoms in total. The fourth-order valence-corrected chi connectivity index (χ4v) is 5.87. The Balaban J connectivity index is 1.40. The fraction of sp³-hybridized carbons (Fsp3) is 0.636. The third kappa shape index (κ3) is 4.88. The van der Waals surface area contributed by atoms with E-state index in [9.17, 15) is 18.0 Å². The number of morpholine rings is 1. The van der Waals surface area contributed by atoms with Gasteiger partial charge < -0.3 is 9.64 Å². The number of pyridine rings is 1. The predicted octanol–water partition coefficient (Wildman–Crippen LogP) is 4.58. The molecule has 9 heteroatoms. The van der Waals surface area contributed by atoms with Gasteiger partial charge in [-0.3, -0.25) is 9.69 Å². The Labute approximate surface area is 184 Å². The van der Waals surface area contributed by atoms with Gasteiger partial charge in [-0.25, -0.2) is 4.98 Å². The lowest BCUT2D eigenvalue weighted by Crippen LogP contribution is -2.48. The molecular formula is C22H28F3N3O2S. The van der Waals surface area contributed by atoms with Gasteiger partial charge in [0.1, 0.15) is 10.5 Å². The van der Waals surface area contributed by atoms with Crippen molar-refractivity contribution in [3.63, 3.8) is 0 Å². The molecule has 170 valence electrons. The zero-order valence-electron chi connectivity index (χ0n) is 18.0. The van der Waals surface area contributed by atoms with E-state index >= 15 is 0 Å². The van der Waals surface area contributed by atoms with Gasteiger partial charge in [0.15, 0.2) is 0 Å². The van der Waals surface area contributed by atoms with Crippen molar-refractivity contribution in [1.29, 1.82) is 0 Å². The Bertz CT molecular complexity index is 943. The molecule has 2 atom stereocenters. The first kappa shape index (κ1) is 22.5. The molecule has 0 spiro atoms. The number of fused-ring (bicyclic) bond motifs is 1. The molecule has 2 unspecified atom stereocenters. The smallest absolute Gasteiger partial charge is 0.373 e. The van der Waals surface area contributed by atoms with Crippen molar-refractivity contribution in [2.45, 2.75) is 52.0 Å². The summed E-state index contributed by atoms with van der Waals surface area (Å²) in [5.74, 6) is 0.446. The van der Waals surface area contributed by atoms with Gasteiger partial charge in [-0.1, -0.05) is 0 Å². The minimum absolute atomic E-state index is 0.0962. The zero-order chi connectivity index (χ0) is 22.3. The van der Waals surface area contributed by atoms with Crippen LogP contribution in [0.25, 0.3) is 10.2 Å². The second-order valence-corrected chi connectivity index (χ2v) is 9.81. The van der Waals surface area contributed by atoms with E-state index in [4.69, 9.17) is 4.74 Å². The van der Waals surface area contributed by atoms with Crippen LogP contribution in [0.2, 0.25) is 0 Å². The minimum Gasteiger partial charge on any atom is -0.373 e. The average Bonchev–Trinajstić information content (AvgIpc) is 3.03. The number of piperidine rings is 1. The third-order valence-corrected chi connectivity index (χ3v) is 7.39. The first-order valence-corrected chi connectivity index (χ1v) is 11.6. The monoisotopic (exact) mass is 455 g/mol. The maximum Gasteiger partial charge on any atom is 0.433 e. The Morgan fingerprint density at radius 3 is 2.45 bits per heavy atom. The van der Waals surface area contributed by atoms with Crippen LogP contribution < -0.4 is 0 Å². The van der Waals surface area contributed by atoms with E-state index in [0.717, 1.165) is 49.9 Å². The van der Waals surface area contributed by atoms with Gasteiger partial charge in [0.25, 0.3) is 5.91 Å². The highest BCUT2D eigenvalue weighted by Gasteiger charge is 2.34. The molecule has 0 aliphatic carbocycles. The summed E-state index contributed by atoms with van der Waals surface area (Å²) >= 11 is 1.06. The Kier molecular flexibility index (Phi) is 6.29. The van der Waals surface area contributed by atoms with Gasteiger partial charge >= 0.3 is 6.18 Å². The van der Waals surface area contributed by atoms with Crippen molar-refractivity contribution >= 4 is 27.5 Å². The number of carbonyl (C=O) groups is 1. The van der Waals surface area contributed by atoms with Crippen LogP contribution >= 0.6 is 11.3 Å². The summed E-state index contributed by atoms with van der Waals surface area (Å²) in [6.07, 6.45) is -2.13. The summed E-state index contributed by atoms with van der Waals surface area (Å²) in [5.41, 5.74) is -0.211. The van der Waals surface area contributed by atoms with Crippen LogP contribution in [0.5, 0.6) is 0 Å². The van der Waals surface area contributed by atoms with E-state index in [1.807, 2.05) is 4.90 Å². The van der Waals surface area contributed by atoms with E-state index in [1.54, 1.807) is 6.92 Å². The highest BCUT2D eigenvalue weighted by atomic mass is 32.1. The van der Waals surface area contributed by atoms with E-state index in [2.05, 4.69) is 23.7 Å². The summed E-state index contributed by atoms with van der Waals surface area (Å²) in [4.78, 5) is 21.9. The molecule has 4 rings (SSSR count). The van der Waals surface area contributed by atoms with Crippen LogP contribution in [-0.2, 0) is 10.9 Å². The van der Waals surface area contributed by atoms with Gasteiger partial charge in [0, 0.05) is 38.1 Å². The summed E-state index contributed by atoms with van der Waals surface area (Å²) in [7, 11) is 0. The molecule has 2 saturated heterocycles. The summed E-state index contributed by atoms with van der Waals surface area (Å²) < 4.78 is 44.7. The molecule has 2 aromatic heterocycles. The molecule has 0 bridgehead atoms. The zero-order valence-corrected chi connectivity index (χ0v) is 18.9. The predicted molar refractivity (Wildman–Crippen MR) is 114 cm³/mol. The number of hydrogen-bond donors (Lipinski definition) is 0. The van der Waals surface area contributed by atoms with E-state index in [1.165, 1.54) is 6.07 Å². The van der Waals surface area contributed by atoms with Crippen molar-refractivity contribution in [3.8, 4) is 0 Å². The first-order chi connectivity index (χ1) is 14.6. The molecule has 31 heavy (non-hydrogen) atoms. The standard InChI is InChI=1S/C22H28F3N3O2S/c1-13-10-27(11-14(2)30-13)12-16-6-8-28(9-7-16)21(29)19-15(3)17-4-5-18(22(23,24)25)26-20(17)31-19/h4-5,13-14,16H,6-12H2,1-3H3. The Hall–Kier alpha value is -1.71. The molecular weight excluding hydrogens is 427 g/mol. The lowest BCUT2D eigenvalue weighted by molar-refractivity contribution is -0.140. The molecule has 0 aromatic carbocycles. The number of amides is 1. The molecule has 2 aromatic rings. The Morgan fingerprint density at radius 2 is 1.84 bits per heavy atom. The molecule has 0 N–H and O–H groups in total. The number of thiophene rings is 1. The summed E-state index contributed by atoms with van der Waals surface area (Å²) in [6, 6.07) is 2.40. The van der Waals surface area contributed by atoms with Gasteiger partial charge in [0.2, 0.25) is 0 Å². The second-order valence-electron chi connectivity index (χ2n) is 8.81. The lowest BCUT2D eigenvalue weighted by Gasteiger charge is -2.39. The maximum atomic E-state index is 13.1. The Morgan fingerprint density at radius 1 is 1.19 bits per heavy atom. The van der Waals surface area contributed by atoms with Gasteiger partial charge in [0.05, 0.1) is 17.1 Å². The molecule has 2 aliphatic rings. The van der Waals surface area contributed by atoms with Gasteiger partial charge in [-0.2, -0.15) is 13.2 Å². The van der Waals surface area contributed by atoms with Crippen LogP contribution in [0.15, 0.2) is 12.1 Å².